The van der Waals surface area contributed by atoms with Gasteiger partial charge in [-0.3, -0.25) is 4.79 Å². The van der Waals surface area contributed by atoms with Crippen molar-refractivity contribution in [1.29, 1.82) is 0 Å². The molecule has 2 heteroatoms. The normalized spacial score (nSPS) is 16.8. The molecule has 1 fully saturated rings. The number of amides is 1. The topological polar surface area (TPSA) is 29.1 Å². The van der Waals surface area contributed by atoms with Crippen molar-refractivity contribution in [3.8, 4) is 0 Å². The van der Waals surface area contributed by atoms with E-state index in [1.165, 1.54) is 12.8 Å². The molecule has 1 saturated carbocycles. The highest BCUT2D eigenvalue weighted by molar-refractivity contribution is 5.94. The van der Waals surface area contributed by atoms with E-state index in [4.69, 9.17) is 0 Å². The highest BCUT2D eigenvalue weighted by Crippen LogP contribution is 2.34. The van der Waals surface area contributed by atoms with Crippen molar-refractivity contribution in [2.45, 2.75) is 38.6 Å². The van der Waals surface area contributed by atoms with Crippen LogP contribution in [-0.2, 0) is 0 Å². The zero-order chi connectivity index (χ0) is 11.4. The third-order valence-electron chi connectivity index (χ3n) is 3.18. The van der Waals surface area contributed by atoms with Gasteiger partial charge in [0.25, 0.3) is 5.91 Å². The smallest absolute Gasteiger partial charge is 0.251 e. The largest absolute Gasteiger partial charge is 0.349 e. The number of benzene rings is 1. The molecule has 16 heavy (non-hydrogen) atoms. The molecule has 0 spiro atoms. The van der Waals surface area contributed by atoms with Gasteiger partial charge in [0.2, 0.25) is 0 Å². The SMILES string of the molecule is CCC(CC1CC1)NC(=O)c1ccccc1. The number of carbonyl (C=O) groups is 1. The van der Waals surface area contributed by atoms with Crippen LogP contribution < -0.4 is 5.32 Å². The molecule has 86 valence electrons. The standard InChI is InChI=1S/C14H19NO/c1-2-13(10-11-8-9-11)15-14(16)12-6-4-3-5-7-12/h3-7,11,13H,2,8-10H2,1H3,(H,15,16). The maximum absolute atomic E-state index is 11.9. The lowest BCUT2D eigenvalue weighted by Crippen LogP contribution is -2.34. The molecular weight excluding hydrogens is 198 g/mol. The molecular formula is C14H19NO. The summed E-state index contributed by atoms with van der Waals surface area (Å²) in [5.41, 5.74) is 0.761. The van der Waals surface area contributed by atoms with Crippen LogP contribution in [0.4, 0.5) is 0 Å². The van der Waals surface area contributed by atoms with Crippen LogP contribution in [0.15, 0.2) is 30.3 Å². The van der Waals surface area contributed by atoms with E-state index in [0.717, 1.165) is 24.3 Å². The molecule has 1 aromatic rings. The minimum absolute atomic E-state index is 0.0631. The summed E-state index contributed by atoms with van der Waals surface area (Å²) in [4.78, 5) is 11.9. The van der Waals surface area contributed by atoms with E-state index in [2.05, 4.69) is 12.2 Å². The van der Waals surface area contributed by atoms with Gasteiger partial charge in [-0.15, -0.1) is 0 Å². The Bertz CT molecular complexity index is 343. The molecule has 0 saturated heterocycles. The third-order valence-corrected chi connectivity index (χ3v) is 3.18. The molecule has 0 radical (unpaired) electrons. The van der Waals surface area contributed by atoms with Gasteiger partial charge in [-0.2, -0.15) is 0 Å². The van der Waals surface area contributed by atoms with Crippen LogP contribution in [-0.4, -0.2) is 11.9 Å². The second kappa shape index (κ2) is 5.15. The Morgan fingerprint density at radius 3 is 2.62 bits per heavy atom. The summed E-state index contributed by atoms with van der Waals surface area (Å²) in [6.45, 7) is 2.14. The number of rotatable bonds is 5. The summed E-state index contributed by atoms with van der Waals surface area (Å²) in [5, 5.41) is 3.12. The van der Waals surface area contributed by atoms with Crippen LogP contribution in [0.1, 0.15) is 43.0 Å². The Labute approximate surface area is 97.1 Å². The van der Waals surface area contributed by atoms with Gasteiger partial charge < -0.3 is 5.32 Å². The molecule has 1 amide bonds. The van der Waals surface area contributed by atoms with Gasteiger partial charge in [-0.25, -0.2) is 0 Å². The molecule has 2 nitrogen and oxygen atoms in total. The van der Waals surface area contributed by atoms with Gasteiger partial charge in [0.15, 0.2) is 0 Å². The lowest BCUT2D eigenvalue weighted by atomic mass is 10.1. The quantitative estimate of drug-likeness (QED) is 0.807. The number of hydrogen-bond donors (Lipinski definition) is 1. The number of nitrogens with one attached hydrogen (secondary N) is 1. The molecule has 0 aliphatic heterocycles. The summed E-state index contributed by atoms with van der Waals surface area (Å²) in [7, 11) is 0. The molecule has 1 N–H and O–H groups in total. The van der Waals surface area contributed by atoms with Crippen molar-refractivity contribution < 1.29 is 4.79 Å². The van der Waals surface area contributed by atoms with Crippen LogP contribution in [0, 0.1) is 5.92 Å². The Morgan fingerprint density at radius 1 is 1.38 bits per heavy atom. The molecule has 1 atom stereocenters. The van der Waals surface area contributed by atoms with E-state index in [0.29, 0.717) is 6.04 Å². The fourth-order valence-electron chi connectivity index (χ4n) is 1.94. The molecule has 2 rings (SSSR count). The van der Waals surface area contributed by atoms with Crippen molar-refractivity contribution in [3.63, 3.8) is 0 Å². The second-order valence-electron chi connectivity index (χ2n) is 4.62. The molecule has 1 aromatic carbocycles. The Morgan fingerprint density at radius 2 is 2.06 bits per heavy atom. The Balaban J connectivity index is 1.89. The average Bonchev–Trinajstić information content (AvgIpc) is 3.13. The summed E-state index contributed by atoms with van der Waals surface area (Å²) in [6.07, 6.45) is 4.86. The van der Waals surface area contributed by atoms with Gasteiger partial charge in [-0.1, -0.05) is 38.0 Å². The van der Waals surface area contributed by atoms with Crippen LogP contribution in [0.25, 0.3) is 0 Å². The summed E-state index contributed by atoms with van der Waals surface area (Å²) in [6, 6.07) is 9.80. The summed E-state index contributed by atoms with van der Waals surface area (Å²) in [5.74, 6) is 0.925. The lowest BCUT2D eigenvalue weighted by Gasteiger charge is -2.16. The van der Waals surface area contributed by atoms with E-state index in [1.807, 2.05) is 30.3 Å². The highest BCUT2D eigenvalue weighted by atomic mass is 16.1. The van der Waals surface area contributed by atoms with Crippen molar-refractivity contribution in [3.05, 3.63) is 35.9 Å². The first-order chi connectivity index (χ1) is 7.79. The van der Waals surface area contributed by atoms with Crippen molar-refractivity contribution in [2.75, 3.05) is 0 Å². The van der Waals surface area contributed by atoms with Gasteiger partial charge in [0, 0.05) is 11.6 Å². The predicted molar refractivity (Wildman–Crippen MR) is 65.3 cm³/mol. The first kappa shape index (κ1) is 11.2. The average molecular weight is 217 g/mol. The lowest BCUT2D eigenvalue weighted by molar-refractivity contribution is 0.0932. The minimum atomic E-state index is 0.0631. The van der Waals surface area contributed by atoms with Crippen LogP contribution in [0.2, 0.25) is 0 Å². The van der Waals surface area contributed by atoms with Crippen molar-refractivity contribution in [2.24, 2.45) is 5.92 Å². The zero-order valence-electron chi connectivity index (χ0n) is 9.78. The first-order valence-corrected chi connectivity index (χ1v) is 6.15. The van der Waals surface area contributed by atoms with Crippen molar-refractivity contribution >= 4 is 5.91 Å². The van der Waals surface area contributed by atoms with Crippen molar-refractivity contribution in [1.82, 2.24) is 5.32 Å². The van der Waals surface area contributed by atoms with Gasteiger partial charge in [0.05, 0.1) is 0 Å². The monoisotopic (exact) mass is 217 g/mol. The molecule has 0 heterocycles. The summed E-state index contributed by atoms with van der Waals surface area (Å²) < 4.78 is 0. The number of hydrogen-bond acceptors (Lipinski definition) is 1. The van der Waals surface area contributed by atoms with E-state index in [-0.39, 0.29) is 5.91 Å². The molecule has 0 bridgehead atoms. The molecule has 1 unspecified atom stereocenters. The Kier molecular flexibility index (Phi) is 3.60. The fourth-order valence-corrected chi connectivity index (χ4v) is 1.94. The Hall–Kier alpha value is -1.31. The minimum Gasteiger partial charge on any atom is -0.349 e. The fraction of sp³-hybridized carbons (Fsp3) is 0.500. The molecule has 1 aliphatic rings. The van der Waals surface area contributed by atoms with Crippen LogP contribution in [0.5, 0.6) is 0 Å². The highest BCUT2D eigenvalue weighted by Gasteiger charge is 2.25. The zero-order valence-corrected chi connectivity index (χ0v) is 9.78. The van der Waals surface area contributed by atoms with E-state index in [9.17, 15) is 4.79 Å². The predicted octanol–water partition coefficient (Wildman–Crippen LogP) is 3.00. The second-order valence-corrected chi connectivity index (χ2v) is 4.62. The van der Waals surface area contributed by atoms with E-state index in [1.54, 1.807) is 0 Å². The maximum atomic E-state index is 11.9. The summed E-state index contributed by atoms with van der Waals surface area (Å²) >= 11 is 0. The van der Waals surface area contributed by atoms with E-state index < -0.39 is 0 Å². The maximum Gasteiger partial charge on any atom is 0.251 e. The van der Waals surface area contributed by atoms with E-state index >= 15 is 0 Å². The van der Waals surface area contributed by atoms with Gasteiger partial charge >= 0.3 is 0 Å². The third kappa shape index (κ3) is 3.09. The molecule has 0 aromatic heterocycles. The van der Waals surface area contributed by atoms with Gasteiger partial charge in [0.1, 0.15) is 0 Å². The van der Waals surface area contributed by atoms with Gasteiger partial charge in [-0.05, 0) is 30.9 Å². The van der Waals surface area contributed by atoms with Crippen LogP contribution >= 0.6 is 0 Å². The molecule has 1 aliphatic carbocycles. The number of carbonyl (C=O) groups excluding carboxylic acids is 1. The van der Waals surface area contributed by atoms with Crippen LogP contribution in [0.3, 0.4) is 0 Å². The first-order valence-electron chi connectivity index (χ1n) is 6.15.